The van der Waals surface area contributed by atoms with E-state index in [0.717, 1.165) is 64.8 Å². The summed E-state index contributed by atoms with van der Waals surface area (Å²) in [4.78, 5) is 38.5. The van der Waals surface area contributed by atoms with Gasteiger partial charge in [-0.3, -0.25) is 0 Å². The van der Waals surface area contributed by atoms with Crippen LogP contribution >= 0.6 is 0 Å². The first-order valence-corrected chi connectivity index (χ1v) is 14.4. The second kappa shape index (κ2) is 10.6. The molecule has 1 amide bonds. The SMILES string of the molecule is Cc1cc(C(=O)N2CCC[C@@H]2CN2CCCC2)ccc1[As]c1nccc(-c2cc(C(=O)O)cn2C)n1. The molecular formula is C27H31AsN5O3. The molecule has 0 unspecified atom stereocenters. The van der Waals surface area contributed by atoms with Gasteiger partial charge in [-0.25, -0.2) is 0 Å². The van der Waals surface area contributed by atoms with Crippen molar-refractivity contribution in [3.63, 3.8) is 0 Å². The summed E-state index contributed by atoms with van der Waals surface area (Å²) in [5, 5.41) is 9.29. The number of aryl methyl sites for hydroxylation is 2. The summed E-state index contributed by atoms with van der Waals surface area (Å²) in [7, 11) is 1.81. The predicted octanol–water partition coefficient (Wildman–Crippen LogP) is 1.84. The molecular weight excluding hydrogens is 517 g/mol. The van der Waals surface area contributed by atoms with Gasteiger partial charge in [-0.2, -0.15) is 0 Å². The normalized spacial score (nSPS) is 18.5. The Morgan fingerprint density at radius 3 is 2.61 bits per heavy atom. The molecule has 3 aromatic rings. The van der Waals surface area contributed by atoms with E-state index in [-0.39, 0.29) is 11.5 Å². The second-order valence-electron chi connectivity index (χ2n) is 9.69. The summed E-state index contributed by atoms with van der Waals surface area (Å²) in [6.45, 7) is 6.20. The molecule has 8 nitrogen and oxygen atoms in total. The van der Waals surface area contributed by atoms with Crippen molar-refractivity contribution in [2.45, 2.75) is 38.6 Å². The van der Waals surface area contributed by atoms with Gasteiger partial charge >= 0.3 is 218 Å². The van der Waals surface area contributed by atoms with Crippen molar-refractivity contribution in [2.24, 2.45) is 7.05 Å². The van der Waals surface area contributed by atoms with Gasteiger partial charge in [-0.05, 0) is 0 Å². The summed E-state index contributed by atoms with van der Waals surface area (Å²) in [6.07, 6.45) is 8.02. The molecule has 1 radical (unpaired) electrons. The van der Waals surface area contributed by atoms with Crippen LogP contribution in [0.3, 0.4) is 0 Å². The fraction of sp³-hybridized carbons (Fsp3) is 0.407. The summed E-state index contributed by atoms with van der Waals surface area (Å²) >= 11 is -0.483. The van der Waals surface area contributed by atoms with Gasteiger partial charge in [-0.1, -0.05) is 0 Å². The van der Waals surface area contributed by atoms with Gasteiger partial charge in [0, 0.05) is 0 Å². The second-order valence-corrected chi connectivity index (χ2v) is 12.0. The number of aromatic carboxylic acids is 1. The number of benzene rings is 1. The minimum absolute atomic E-state index is 0.138. The van der Waals surface area contributed by atoms with Crippen LogP contribution < -0.4 is 8.96 Å². The first kappa shape index (κ1) is 24.7. The zero-order valence-corrected chi connectivity index (χ0v) is 22.6. The summed E-state index contributed by atoms with van der Waals surface area (Å²) in [5.41, 5.74) is 3.51. The van der Waals surface area contributed by atoms with Crippen LogP contribution in [0.5, 0.6) is 0 Å². The molecule has 1 aromatic carbocycles. The predicted molar refractivity (Wildman–Crippen MR) is 139 cm³/mol. The number of hydrogen-bond donors (Lipinski definition) is 1. The number of carbonyl (C=O) groups excluding carboxylic acids is 1. The average Bonchev–Trinajstić information content (AvgIpc) is 3.62. The Kier molecular flexibility index (Phi) is 7.26. The number of carboxylic acid groups (broad SMARTS) is 1. The molecule has 2 fully saturated rings. The van der Waals surface area contributed by atoms with Crippen molar-refractivity contribution in [1.82, 2.24) is 24.3 Å². The maximum absolute atomic E-state index is 13.4. The van der Waals surface area contributed by atoms with E-state index in [1.165, 1.54) is 12.8 Å². The van der Waals surface area contributed by atoms with Gasteiger partial charge in [0.15, 0.2) is 0 Å². The molecule has 0 saturated carbocycles. The van der Waals surface area contributed by atoms with Crippen molar-refractivity contribution >= 4 is 36.6 Å². The zero-order chi connectivity index (χ0) is 25.2. The van der Waals surface area contributed by atoms with Crippen molar-refractivity contribution in [1.29, 1.82) is 0 Å². The van der Waals surface area contributed by atoms with Crippen LogP contribution in [0.1, 0.15) is 52.0 Å². The number of amides is 1. The zero-order valence-electron chi connectivity index (χ0n) is 20.7. The van der Waals surface area contributed by atoms with E-state index in [4.69, 9.17) is 4.98 Å². The number of carbonyl (C=O) groups is 2. The molecule has 187 valence electrons. The molecule has 36 heavy (non-hydrogen) atoms. The Hall–Kier alpha value is -2.96. The van der Waals surface area contributed by atoms with Gasteiger partial charge in [0.2, 0.25) is 0 Å². The molecule has 2 aliphatic rings. The van der Waals surface area contributed by atoms with E-state index in [1.54, 1.807) is 29.1 Å². The first-order chi connectivity index (χ1) is 17.4. The van der Waals surface area contributed by atoms with Crippen LogP contribution in [0, 0.1) is 6.92 Å². The summed E-state index contributed by atoms with van der Waals surface area (Å²) < 4.78 is 3.68. The molecule has 1 atom stereocenters. The number of rotatable bonds is 7. The van der Waals surface area contributed by atoms with Gasteiger partial charge in [0.05, 0.1) is 0 Å². The number of carboxylic acids is 1. The van der Waals surface area contributed by atoms with Crippen LogP contribution in [-0.2, 0) is 7.05 Å². The summed E-state index contributed by atoms with van der Waals surface area (Å²) in [5.74, 6) is -0.821. The minimum atomic E-state index is -0.959. The molecule has 5 rings (SSSR count). The Labute approximate surface area is 218 Å². The van der Waals surface area contributed by atoms with E-state index in [2.05, 4.69) is 20.9 Å². The van der Waals surface area contributed by atoms with Crippen molar-refractivity contribution < 1.29 is 14.7 Å². The van der Waals surface area contributed by atoms with Crippen LogP contribution in [0.15, 0.2) is 42.7 Å². The van der Waals surface area contributed by atoms with E-state index in [1.807, 2.05) is 26.1 Å². The third kappa shape index (κ3) is 5.25. The molecule has 0 bridgehead atoms. The van der Waals surface area contributed by atoms with Crippen LogP contribution in [0.4, 0.5) is 0 Å². The van der Waals surface area contributed by atoms with E-state index < -0.39 is 21.7 Å². The molecule has 0 aliphatic carbocycles. The topological polar surface area (TPSA) is 91.6 Å². The fourth-order valence-corrected chi connectivity index (χ4v) is 7.09. The Morgan fingerprint density at radius 1 is 1.08 bits per heavy atom. The Bertz CT molecular complexity index is 1280. The molecule has 2 aromatic heterocycles. The number of aromatic nitrogens is 3. The van der Waals surface area contributed by atoms with Crippen molar-refractivity contribution in [3.05, 3.63) is 59.4 Å². The number of nitrogens with zero attached hydrogens (tertiary/aromatic N) is 5. The van der Waals surface area contributed by atoms with Crippen LogP contribution in [0.2, 0.25) is 0 Å². The molecule has 9 heteroatoms. The van der Waals surface area contributed by atoms with Gasteiger partial charge in [0.1, 0.15) is 0 Å². The molecule has 0 spiro atoms. The monoisotopic (exact) mass is 548 g/mol. The average molecular weight is 548 g/mol. The van der Waals surface area contributed by atoms with E-state index >= 15 is 0 Å². The first-order valence-electron chi connectivity index (χ1n) is 12.5. The third-order valence-corrected chi connectivity index (χ3v) is 9.56. The molecule has 2 aliphatic heterocycles. The fourth-order valence-electron chi connectivity index (χ4n) is 5.22. The Morgan fingerprint density at radius 2 is 1.89 bits per heavy atom. The van der Waals surface area contributed by atoms with Crippen LogP contribution in [0.25, 0.3) is 11.4 Å². The van der Waals surface area contributed by atoms with Crippen molar-refractivity contribution in [2.75, 3.05) is 26.2 Å². The van der Waals surface area contributed by atoms with Gasteiger partial charge < -0.3 is 0 Å². The van der Waals surface area contributed by atoms with E-state index in [9.17, 15) is 14.7 Å². The van der Waals surface area contributed by atoms with E-state index in [0.29, 0.717) is 11.7 Å². The molecule has 4 heterocycles. The van der Waals surface area contributed by atoms with Gasteiger partial charge in [-0.15, -0.1) is 0 Å². The molecule has 2 saturated heterocycles. The number of hydrogen-bond acceptors (Lipinski definition) is 5. The van der Waals surface area contributed by atoms with Crippen molar-refractivity contribution in [3.8, 4) is 11.4 Å². The molecule has 1 N–H and O–H groups in total. The van der Waals surface area contributed by atoms with Gasteiger partial charge in [0.25, 0.3) is 0 Å². The third-order valence-electron chi connectivity index (χ3n) is 7.13. The Balaban J connectivity index is 1.30. The maximum atomic E-state index is 13.4. The summed E-state index contributed by atoms with van der Waals surface area (Å²) in [6, 6.07) is 9.76. The standard InChI is InChI=1S/C27H31AsN5O3/c1-18-14-19(25(34)33-13-5-6-21(33)17-32-11-3-4-12-32)7-8-22(18)28-27-29-10-9-23(30-27)24-15-20(26(35)36)16-31(24)2/h7-10,14-16,21H,3-6,11-13,17H2,1-2H3,(H,35,36)/t21-/m1/s1. The quantitative estimate of drug-likeness (QED) is 0.454. The number of likely N-dealkylation sites (tertiary alicyclic amines) is 2. The van der Waals surface area contributed by atoms with Crippen LogP contribution in [-0.4, -0.2) is 89.3 Å².